The average Bonchev–Trinajstić information content (AvgIpc) is 2.93. The third-order valence-electron chi connectivity index (χ3n) is 7.36. The molecule has 230 valence electrons. The molecule has 1 aromatic rings. The molecular weight excluding hydrogens is 534 g/mol. The summed E-state index contributed by atoms with van der Waals surface area (Å²) in [6.45, 7) is 11.9. The van der Waals surface area contributed by atoms with E-state index >= 15 is 0 Å². The molecule has 0 spiro atoms. The zero-order valence-electron chi connectivity index (χ0n) is 26.0. The Hall–Kier alpha value is -2.48. The maximum Gasteiger partial charge on any atom is 0.408 e. The van der Waals surface area contributed by atoms with E-state index in [1.54, 1.807) is 43.5 Å². The Kier molecular flexibility index (Phi) is 15.4. The van der Waals surface area contributed by atoms with E-state index in [1.807, 2.05) is 30.5 Å². The molecule has 2 unspecified atom stereocenters. The zero-order valence-corrected chi connectivity index (χ0v) is 26.8. The van der Waals surface area contributed by atoms with E-state index in [2.05, 4.69) is 24.1 Å². The number of rotatable bonds is 16. The zero-order chi connectivity index (χ0) is 30.3. The van der Waals surface area contributed by atoms with E-state index in [9.17, 15) is 14.4 Å². The lowest BCUT2D eigenvalue weighted by Crippen LogP contribution is -2.54. The highest BCUT2D eigenvalue weighted by molar-refractivity contribution is 7.98. The second kappa shape index (κ2) is 18.1. The van der Waals surface area contributed by atoms with Crippen molar-refractivity contribution in [2.75, 3.05) is 18.6 Å². The highest BCUT2D eigenvalue weighted by Crippen LogP contribution is 2.27. The van der Waals surface area contributed by atoms with Gasteiger partial charge in [0.25, 0.3) is 0 Å². The monoisotopic (exact) mass is 587 g/mol. The maximum atomic E-state index is 14.4. The van der Waals surface area contributed by atoms with E-state index in [-0.39, 0.29) is 17.9 Å². The first-order valence-electron chi connectivity index (χ1n) is 15.4. The van der Waals surface area contributed by atoms with Crippen molar-refractivity contribution in [3.8, 4) is 0 Å². The van der Waals surface area contributed by atoms with Crippen LogP contribution in [0.1, 0.15) is 115 Å². The van der Waals surface area contributed by atoms with Crippen LogP contribution in [0.3, 0.4) is 0 Å². The largest absolute Gasteiger partial charge is 0.444 e. The van der Waals surface area contributed by atoms with Crippen molar-refractivity contribution >= 4 is 35.7 Å². The predicted octanol–water partition coefficient (Wildman–Crippen LogP) is 7.27. The van der Waals surface area contributed by atoms with Crippen LogP contribution < -0.4 is 10.6 Å². The number of thioether (sulfide) groups is 1. The van der Waals surface area contributed by atoms with Gasteiger partial charge in [-0.05, 0) is 75.7 Å². The summed E-state index contributed by atoms with van der Waals surface area (Å²) in [7, 11) is 0. The number of hydrogen-bond donors (Lipinski definition) is 2. The molecule has 8 heteroatoms. The van der Waals surface area contributed by atoms with Crippen LogP contribution in [0.15, 0.2) is 30.8 Å². The molecule has 2 rings (SSSR count). The van der Waals surface area contributed by atoms with Gasteiger partial charge in [0, 0.05) is 12.6 Å². The minimum absolute atomic E-state index is 0.106. The van der Waals surface area contributed by atoms with Crippen molar-refractivity contribution < 1.29 is 19.1 Å². The Morgan fingerprint density at radius 2 is 1.83 bits per heavy atom. The number of carbonyl (C=O) groups is 3. The molecule has 41 heavy (non-hydrogen) atoms. The highest BCUT2D eigenvalue weighted by Gasteiger charge is 2.36. The fourth-order valence-corrected chi connectivity index (χ4v) is 5.72. The van der Waals surface area contributed by atoms with Crippen molar-refractivity contribution in [3.05, 3.63) is 42.0 Å². The third-order valence-corrected chi connectivity index (χ3v) is 8.00. The van der Waals surface area contributed by atoms with Crippen LogP contribution in [-0.4, -0.2) is 59.0 Å². The molecule has 0 saturated heterocycles. The molecule has 7 nitrogen and oxygen atoms in total. The molecule has 0 heterocycles. The average molecular weight is 588 g/mol. The first-order valence-corrected chi connectivity index (χ1v) is 16.8. The standard InChI is InChI=1S/C33H53N3O4S/c1-7-9-10-11-15-22-36(31(38)28(21-23-41-6)35-32(39)40-33(3,4)5)29(26-18-16-17-25(8-2)24-26)30(37)34-27-19-13-12-14-20-27/h8,16-18,24,27-29H,2,7,9-15,19-23H2,1,3-6H3,(H,34,37)(H,35,39). The number of benzene rings is 1. The Morgan fingerprint density at radius 3 is 2.46 bits per heavy atom. The second-order valence-electron chi connectivity index (χ2n) is 12.0. The van der Waals surface area contributed by atoms with Gasteiger partial charge in [0.05, 0.1) is 0 Å². The van der Waals surface area contributed by atoms with Crippen molar-refractivity contribution in [1.29, 1.82) is 0 Å². The van der Waals surface area contributed by atoms with Gasteiger partial charge in [-0.2, -0.15) is 11.8 Å². The minimum atomic E-state index is -0.812. The van der Waals surface area contributed by atoms with Crippen LogP contribution in [0.5, 0.6) is 0 Å². The fourth-order valence-electron chi connectivity index (χ4n) is 5.25. The number of nitrogens with zero attached hydrogens (tertiary/aromatic N) is 1. The van der Waals surface area contributed by atoms with Gasteiger partial charge in [-0.25, -0.2) is 4.79 Å². The summed E-state index contributed by atoms with van der Waals surface area (Å²) in [4.78, 5) is 43.0. The number of carbonyl (C=O) groups excluding carboxylic acids is 3. The predicted molar refractivity (Wildman–Crippen MR) is 171 cm³/mol. The van der Waals surface area contributed by atoms with Gasteiger partial charge in [-0.15, -0.1) is 0 Å². The SMILES string of the molecule is C=Cc1cccc(C(C(=O)NC2CCCCC2)N(CCCCCCC)C(=O)C(CCSC)NC(=O)OC(C)(C)C)c1. The van der Waals surface area contributed by atoms with Gasteiger partial charge in [0.1, 0.15) is 17.7 Å². The molecule has 0 aromatic heterocycles. The maximum absolute atomic E-state index is 14.4. The lowest BCUT2D eigenvalue weighted by molar-refractivity contribution is -0.143. The van der Waals surface area contributed by atoms with Crippen LogP contribution in [0.4, 0.5) is 4.79 Å². The van der Waals surface area contributed by atoms with Crippen LogP contribution >= 0.6 is 11.8 Å². The molecule has 1 aliphatic rings. The molecular formula is C33H53N3O4S. The van der Waals surface area contributed by atoms with Crippen LogP contribution in [0.25, 0.3) is 6.08 Å². The topological polar surface area (TPSA) is 87.7 Å². The Morgan fingerprint density at radius 1 is 1.12 bits per heavy atom. The molecule has 3 amide bonds. The summed E-state index contributed by atoms with van der Waals surface area (Å²) in [5, 5.41) is 6.12. The summed E-state index contributed by atoms with van der Waals surface area (Å²) < 4.78 is 5.51. The molecule has 0 aliphatic heterocycles. The lowest BCUT2D eigenvalue weighted by Gasteiger charge is -2.36. The molecule has 1 aliphatic carbocycles. The fraction of sp³-hybridized carbons (Fsp3) is 0.667. The van der Waals surface area contributed by atoms with E-state index < -0.39 is 23.8 Å². The number of hydrogen-bond acceptors (Lipinski definition) is 5. The van der Waals surface area contributed by atoms with Gasteiger partial charge < -0.3 is 20.3 Å². The van der Waals surface area contributed by atoms with Crippen LogP contribution in [-0.2, 0) is 14.3 Å². The van der Waals surface area contributed by atoms with Crippen molar-refractivity contribution in [3.63, 3.8) is 0 Å². The Bertz CT molecular complexity index is 971. The second-order valence-corrected chi connectivity index (χ2v) is 13.0. The van der Waals surface area contributed by atoms with Gasteiger partial charge in [-0.1, -0.05) is 82.7 Å². The van der Waals surface area contributed by atoms with E-state index in [0.717, 1.165) is 68.9 Å². The van der Waals surface area contributed by atoms with Gasteiger partial charge in [-0.3, -0.25) is 9.59 Å². The van der Waals surface area contributed by atoms with Gasteiger partial charge in [0.15, 0.2) is 0 Å². The molecule has 2 N–H and O–H groups in total. The number of nitrogens with one attached hydrogen (secondary N) is 2. The van der Waals surface area contributed by atoms with Crippen LogP contribution in [0, 0.1) is 0 Å². The van der Waals surface area contributed by atoms with Gasteiger partial charge >= 0.3 is 6.09 Å². The summed E-state index contributed by atoms with van der Waals surface area (Å²) >= 11 is 1.61. The number of ether oxygens (including phenoxy) is 1. The first kappa shape index (κ1) is 34.7. The number of alkyl carbamates (subject to hydrolysis) is 1. The summed E-state index contributed by atoms with van der Waals surface area (Å²) in [5.74, 6) is 0.260. The van der Waals surface area contributed by atoms with Crippen LogP contribution in [0.2, 0.25) is 0 Å². The van der Waals surface area contributed by atoms with E-state index in [0.29, 0.717) is 18.7 Å². The first-order chi connectivity index (χ1) is 19.6. The molecule has 0 bridgehead atoms. The third kappa shape index (κ3) is 12.5. The Labute approximate surface area is 252 Å². The highest BCUT2D eigenvalue weighted by atomic mass is 32.2. The molecule has 1 aromatic carbocycles. The summed E-state index contributed by atoms with van der Waals surface area (Å²) in [6.07, 6.45) is 13.9. The molecule has 2 atom stereocenters. The Balaban J connectivity index is 2.47. The molecule has 1 fully saturated rings. The van der Waals surface area contributed by atoms with Crippen molar-refractivity contribution in [1.82, 2.24) is 15.5 Å². The number of unbranched alkanes of at least 4 members (excludes halogenated alkanes) is 4. The smallest absolute Gasteiger partial charge is 0.408 e. The van der Waals surface area contributed by atoms with Crippen molar-refractivity contribution in [2.24, 2.45) is 0 Å². The minimum Gasteiger partial charge on any atom is -0.444 e. The van der Waals surface area contributed by atoms with E-state index in [4.69, 9.17) is 4.74 Å². The van der Waals surface area contributed by atoms with Gasteiger partial charge in [0.2, 0.25) is 11.8 Å². The summed E-state index contributed by atoms with van der Waals surface area (Å²) in [6, 6.07) is 6.18. The molecule has 1 saturated carbocycles. The number of amides is 3. The van der Waals surface area contributed by atoms with E-state index in [1.165, 1.54) is 6.42 Å². The quantitative estimate of drug-likeness (QED) is 0.199. The normalized spacial score (nSPS) is 15.4. The summed E-state index contributed by atoms with van der Waals surface area (Å²) in [5.41, 5.74) is 0.946. The molecule has 0 radical (unpaired) electrons. The lowest BCUT2D eigenvalue weighted by atomic mass is 9.94. The van der Waals surface area contributed by atoms with Crippen molar-refractivity contribution in [2.45, 2.75) is 122 Å².